The zero-order valence-corrected chi connectivity index (χ0v) is 30.7. The summed E-state index contributed by atoms with van der Waals surface area (Å²) in [5.41, 5.74) is -1.03. The van der Waals surface area contributed by atoms with Crippen molar-refractivity contribution in [2.24, 2.45) is 17.8 Å². The van der Waals surface area contributed by atoms with E-state index in [1.54, 1.807) is 30.3 Å². The number of benzene rings is 4. The average Bonchev–Trinajstić information content (AvgIpc) is 3.52. The molecule has 0 aromatic heterocycles. The monoisotopic (exact) mass is 858 g/mol. The quantitative estimate of drug-likeness (QED) is 0.0417. The van der Waals surface area contributed by atoms with Crippen LogP contribution in [0.15, 0.2) is 88.9 Å². The van der Waals surface area contributed by atoms with Crippen molar-refractivity contribution in [3.8, 4) is 5.75 Å². The normalized spacial score (nSPS) is 27.2. The van der Waals surface area contributed by atoms with Gasteiger partial charge in [0.1, 0.15) is 11.4 Å². The lowest BCUT2D eigenvalue weighted by molar-refractivity contribution is -0.125. The molecule has 4 aromatic rings. The van der Waals surface area contributed by atoms with Gasteiger partial charge in [0.15, 0.2) is 38.8 Å². The SMILES string of the molecule is O=C(c1ccccc1)c1ccc(N2C(=O)[C@H]3[C@H](CC=C4[C@H]3C[C@@]3(Cl)C(=O)N(c5c(F)c(F)c(F)c(F)c5F)C(=O)[C@@]3(Cl)[C@H]4c3cc(Br)ccc3O)C2=O)cc1. The van der Waals surface area contributed by atoms with Gasteiger partial charge in [-0.25, -0.2) is 26.9 Å². The highest BCUT2D eigenvalue weighted by Gasteiger charge is 2.77. The van der Waals surface area contributed by atoms with E-state index >= 15 is 8.78 Å². The Bertz CT molecular complexity index is 2420. The molecule has 0 spiro atoms. The minimum absolute atomic E-state index is 0.0981. The second-order valence-electron chi connectivity index (χ2n) is 13.6. The Labute approximate surface area is 326 Å². The molecular formula is C39H22BrCl2F5N2O6. The molecule has 3 fully saturated rings. The first kappa shape index (κ1) is 37.0. The van der Waals surface area contributed by atoms with Gasteiger partial charge in [0.2, 0.25) is 17.6 Å². The lowest BCUT2D eigenvalue weighted by Gasteiger charge is -2.50. The Morgan fingerprint density at radius 2 is 1.35 bits per heavy atom. The second kappa shape index (κ2) is 12.8. The first-order valence-corrected chi connectivity index (χ1v) is 18.1. The molecule has 2 aliphatic carbocycles. The molecule has 2 saturated heterocycles. The van der Waals surface area contributed by atoms with Crippen LogP contribution in [-0.2, 0) is 19.2 Å². The van der Waals surface area contributed by atoms with Crippen molar-refractivity contribution in [3.05, 3.63) is 135 Å². The van der Waals surface area contributed by atoms with Crippen LogP contribution < -0.4 is 9.80 Å². The topological polar surface area (TPSA) is 112 Å². The van der Waals surface area contributed by atoms with Gasteiger partial charge in [-0.15, -0.1) is 23.2 Å². The van der Waals surface area contributed by atoms with Crippen LogP contribution in [0, 0.1) is 46.8 Å². The van der Waals surface area contributed by atoms with Gasteiger partial charge < -0.3 is 5.11 Å². The number of allylic oxidation sites excluding steroid dienone is 2. The minimum Gasteiger partial charge on any atom is -0.508 e. The zero-order valence-electron chi connectivity index (χ0n) is 27.6. The lowest BCUT2D eigenvalue weighted by Crippen LogP contribution is -2.60. The summed E-state index contributed by atoms with van der Waals surface area (Å²) in [6.45, 7) is 0. The van der Waals surface area contributed by atoms with E-state index in [0.717, 1.165) is 4.90 Å². The summed E-state index contributed by atoms with van der Waals surface area (Å²) in [6.07, 6.45) is 0.718. The molecule has 280 valence electrons. The first-order valence-electron chi connectivity index (χ1n) is 16.6. The van der Waals surface area contributed by atoms with Gasteiger partial charge in [0, 0.05) is 27.1 Å². The van der Waals surface area contributed by atoms with E-state index in [1.165, 1.54) is 48.5 Å². The average molecular weight is 860 g/mol. The van der Waals surface area contributed by atoms with Gasteiger partial charge in [0.25, 0.3) is 11.8 Å². The molecular weight excluding hydrogens is 838 g/mol. The van der Waals surface area contributed by atoms with E-state index < -0.39 is 104 Å². The predicted molar refractivity (Wildman–Crippen MR) is 191 cm³/mol. The van der Waals surface area contributed by atoms with Crippen LogP contribution in [0.2, 0.25) is 0 Å². The molecule has 1 N–H and O–H groups in total. The molecule has 55 heavy (non-hydrogen) atoms. The summed E-state index contributed by atoms with van der Waals surface area (Å²) < 4.78 is 73.9. The van der Waals surface area contributed by atoms with Crippen LogP contribution in [0.4, 0.5) is 33.3 Å². The molecule has 8 rings (SSSR count). The van der Waals surface area contributed by atoms with Gasteiger partial charge in [-0.3, -0.25) is 28.9 Å². The smallest absolute Gasteiger partial charge is 0.258 e. The van der Waals surface area contributed by atoms with Crippen molar-refractivity contribution in [1.29, 1.82) is 0 Å². The molecule has 4 aromatic carbocycles. The van der Waals surface area contributed by atoms with Crippen molar-refractivity contribution in [2.75, 3.05) is 9.80 Å². The van der Waals surface area contributed by atoms with Crippen LogP contribution in [-0.4, -0.2) is 44.3 Å². The van der Waals surface area contributed by atoms with Crippen molar-refractivity contribution in [1.82, 2.24) is 0 Å². The van der Waals surface area contributed by atoms with Crippen molar-refractivity contribution < 1.29 is 51.0 Å². The number of carbonyl (C=O) groups excluding carboxylic acids is 5. The summed E-state index contributed by atoms with van der Waals surface area (Å²) >= 11 is 17.5. The number of anilines is 2. The number of rotatable bonds is 5. The molecule has 1 saturated carbocycles. The third-order valence-electron chi connectivity index (χ3n) is 10.9. The van der Waals surface area contributed by atoms with Crippen LogP contribution in [0.1, 0.15) is 40.2 Å². The number of hydrogen-bond acceptors (Lipinski definition) is 6. The van der Waals surface area contributed by atoms with E-state index in [-0.39, 0.29) is 39.5 Å². The number of phenols is 1. The summed E-state index contributed by atoms with van der Waals surface area (Å²) in [6, 6.07) is 18.2. The Morgan fingerprint density at radius 3 is 1.98 bits per heavy atom. The van der Waals surface area contributed by atoms with E-state index in [9.17, 15) is 42.3 Å². The number of halogens is 8. The highest BCUT2D eigenvalue weighted by Crippen LogP contribution is 2.67. The number of fused-ring (bicyclic) bond motifs is 4. The van der Waals surface area contributed by atoms with Gasteiger partial charge in [-0.2, -0.15) is 0 Å². The third-order valence-corrected chi connectivity index (χ3v) is 12.9. The number of ketones is 1. The molecule has 16 heteroatoms. The van der Waals surface area contributed by atoms with Crippen LogP contribution in [0.25, 0.3) is 0 Å². The maximum absolute atomic E-state index is 15.3. The fourth-order valence-electron chi connectivity index (χ4n) is 8.44. The number of imide groups is 2. The second-order valence-corrected chi connectivity index (χ2v) is 15.8. The van der Waals surface area contributed by atoms with Gasteiger partial charge in [0.05, 0.1) is 17.5 Å². The number of aromatic hydroxyl groups is 1. The fraction of sp³-hybridized carbons (Fsp3) is 0.205. The third kappa shape index (κ3) is 5.03. The Hall–Kier alpha value is -4.92. The summed E-state index contributed by atoms with van der Waals surface area (Å²) in [5.74, 6) is -23.0. The lowest BCUT2D eigenvalue weighted by atomic mass is 9.56. The Kier molecular flexibility index (Phi) is 8.63. The molecule has 2 aliphatic heterocycles. The number of nitrogens with zero attached hydrogens (tertiary/aromatic N) is 2. The number of phenolic OH excluding ortho intramolecular Hbond substituents is 1. The standard InChI is InChI=1S/C39H22BrCl2F5N2O6/c40-18-8-13-24(50)22(14-18)26-20-11-12-21-25(35(53)48(34(21)52)19-9-6-17(7-10-19)33(51)16-4-2-1-3-5-16)23(20)15-38(41)36(54)49(37(55)39(26,38)42)32-30(46)28(44)27(43)29(45)31(32)47/h1-11,13-14,21,23,25-26,50H,12,15H2/t21-,23+,25-,26+,38+,39-/m0/s1. The van der Waals surface area contributed by atoms with Crippen molar-refractivity contribution in [3.63, 3.8) is 0 Å². The van der Waals surface area contributed by atoms with E-state index in [2.05, 4.69) is 15.9 Å². The number of hydrogen-bond donors (Lipinski definition) is 1. The van der Waals surface area contributed by atoms with Gasteiger partial charge >= 0.3 is 0 Å². The van der Waals surface area contributed by atoms with E-state index in [1.807, 2.05) is 0 Å². The molecule has 4 amide bonds. The van der Waals surface area contributed by atoms with E-state index in [0.29, 0.717) is 10.0 Å². The van der Waals surface area contributed by atoms with Crippen LogP contribution in [0.5, 0.6) is 5.75 Å². The molecule has 0 bridgehead atoms. The number of amides is 4. The minimum atomic E-state index is -2.79. The summed E-state index contributed by atoms with van der Waals surface area (Å²) in [4.78, 5) is 65.3. The van der Waals surface area contributed by atoms with Crippen LogP contribution in [0.3, 0.4) is 0 Å². The van der Waals surface area contributed by atoms with E-state index in [4.69, 9.17) is 23.2 Å². The number of alkyl halides is 2. The fourth-order valence-corrected chi connectivity index (χ4v) is 9.75. The van der Waals surface area contributed by atoms with Gasteiger partial charge in [-0.1, -0.05) is 57.9 Å². The molecule has 0 unspecified atom stereocenters. The zero-order chi connectivity index (χ0) is 39.5. The maximum atomic E-state index is 15.3. The molecule has 0 radical (unpaired) electrons. The Morgan fingerprint density at radius 1 is 0.745 bits per heavy atom. The van der Waals surface area contributed by atoms with Crippen LogP contribution >= 0.6 is 39.1 Å². The van der Waals surface area contributed by atoms with Gasteiger partial charge in [-0.05, 0) is 61.2 Å². The largest absolute Gasteiger partial charge is 0.508 e. The predicted octanol–water partition coefficient (Wildman–Crippen LogP) is 7.85. The Balaban J connectivity index is 1.24. The van der Waals surface area contributed by atoms with Crippen molar-refractivity contribution >= 4 is 79.9 Å². The highest BCUT2D eigenvalue weighted by molar-refractivity contribution is 9.10. The molecule has 4 aliphatic rings. The number of carbonyl (C=O) groups is 5. The molecule has 2 heterocycles. The highest BCUT2D eigenvalue weighted by atomic mass is 79.9. The maximum Gasteiger partial charge on any atom is 0.258 e. The molecule has 6 atom stereocenters. The summed E-state index contributed by atoms with van der Waals surface area (Å²) in [7, 11) is 0. The van der Waals surface area contributed by atoms with Crippen molar-refractivity contribution in [2.45, 2.75) is 28.5 Å². The molecule has 8 nitrogen and oxygen atoms in total. The first-order chi connectivity index (χ1) is 26.0. The summed E-state index contributed by atoms with van der Waals surface area (Å²) in [5, 5.41) is 11.2.